The standard InChI is InChI=1S/C22H20ClN3O/c23-19-6-3-5-17(15-19)11-13-25-22(27)10-9-18-16-26(14-4-12-24)21-8-2-1-7-20(18)21/h1-3,5-10,15-16H,4,11,13-14H2,(H,25,27)/b10-9+. The van der Waals surface area contributed by atoms with Crippen LogP contribution in [0.25, 0.3) is 17.0 Å². The van der Waals surface area contributed by atoms with Gasteiger partial charge in [-0.1, -0.05) is 41.9 Å². The molecule has 0 unspecified atom stereocenters. The zero-order valence-corrected chi connectivity index (χ0v) is 15.6. The van der Waals surface area contributed by atoms with Crippen molar-refractivity contribution < 1.29 is 4.79 Å². The molecular weight excluding hydrogens is 358 g/mol. The number of rotatable bonds is 7. The molecule has 0 spiro atoms. The largest absolute Gasteiger partial charge is 0.352 e. The number of nitrogens with one attached hydrogen (secondary N) is 1. The van der Waals surface area contributed by atoms with Crippen molar-refractivity contribution in [3.8, 4) is 6.07 Å². The summed E-state index contributed by atoms with van der Waals surface area (Å²) in [6.07, 6.45) is 6.53. The number of fused-ring (bicyclic) bond motifs is 1. The third-order valence-corrected chi connectivity index (χ3v) is 4.54. The van der Waals surface area contributed by atoms with Gasteiger partial charge in [0, 0.05) is 46.9 Å². The SMILES string of the molecule is N#CCCn1cc(/C=C/C(=O)NCCc2cccc(Cl)c2)c2ccccc21. The summed E-state index contributed by atoms with van der Waals surface area (Å²) in [6, 6.07) is 17.8. The highest BCUT2D eigenvalue weighted by Crippen LogP contribution is 2.22. The maximum atomic E-state index is 12.1. The summed E-state index contributed by atoms with van der Waals surface area (Å²) in [5.74, 6) is -0.133. The van der Waals surface area contributed by atoms with Gasteiger partial charge in [-0.25, -0.2) is 0 Å². The number of carbonyl (C=O) groups is 1. The summed E-state index contributed by atoms with van der Waals surface area (Å²) >= 11 is 5.97. The molecule has 0 radical (unpaired) electrons. The van der Waals surface area contributed by atoms with Gasteiger partial charge < -0.3 is 9.88 Å². The van der Waals surface area contributed by atoms with E-state index in [4.69, 9.17) is 16.9 Å². The van der Waals surface area contributed by atoms with Crippen molar-refractivity contribution in [1.82, 2.24) is 9.88 Å². The second kappa shape index (κ2) is 9.07. The Labute approximate surface area is 163 Å². The zero-order valence-electron chi connectivity index (χ0n) is 14.9. The molecule has 0 aliphatic rings. The van der Waals surface area contributed by atoms with Gasteiger partial charge in [0.25, 0.3) is 0 Å². The van der Waals surface area contributed by atoms with Gasteiger partial charge in [0.2, 0.25) is 5.91 Å². The van der Waals surface area contributed by atoms with E-state index in [0.717, 1.165) is 28.5 Å². The fourth-order valence-corrected chi connectivity index (χ4v) is 3.22. The van der Waals surface area contributed by atoms with E-state index in [1.807, 2.05) is 60.8 Å². The third kappa shape index (κ3) is 4.99. The number of amides is 1. The molecule has 0 bridgehead atoms. The molecule has 0 aliphatic heterocycles. The first-order valence-corrected chi connectivity index (χ1v) is 9.20. The van der Waals surface area contributed by atoms with Crippen molar-refractivity contribution in [2.75, 3.05) is 6.54 Å². The van der Waals surface area contributed by atoms with Gasteiger partial charge in [0.15, 0.2) is 0 Å². The lowest BCUT2D eigenvalue weighted by molar-refractivity contribution is -0.116. The second-order valence-electron chi connectivity index (χ2n) is 6.21. The summed E-state index contributed by atoms with van der Waals surface area (Å²) < 4.78 is 2.05. The number of nitriles is 1. The minimum absolute atomic E-state index is 0.133. The number of para-hydroxylation sites is 1. The van der Waals surface area contributed by atoms with Crippen molar-refractivity contribution in [2.45, 2.75) is 19.4 Å². The van der Waals surface area contributed by atoms with E-state index < -0.39 is 0 Å². The van der Waals surface area contributed by atoms with E-state index in [1.165, 1.54) is 0 Å². The summed E-state index contributed by atoms with van der Waals surface area (Å²) in [4.78, 5) is 12.1. The van der Waals surface area contributed by atoms with Crippen LogP contribution in [0, 0.1) is 11.3 Å². The Balaban J connectivity index is 1.63. The fraction of sp³-hybridized carbons (Fsp3) is 0.182. The van der Waals surface area contributed by atoms with Crippen molar-refractivity contribution in [3.63, 3.8) is 0 Å². The van der Waals surface area contributed by atoms with Gasteiger partial charge in [0.05, 0.1) is 12.5 Å². The van der Waals surface area contributed by atoms with Gasteiger partial charge in [0.1, 0.15) is 0 Å². The summed E-state index contributed by atoms with van der Waals surface area (Å²) in [5, 5.41) is 13.5. The molecule has 0 saturated heterocycles. The van der Waals surface area contributed by atoms with Gasteiger partial charge in [-0.15, -0.1) is 0 Å². The molecule has 0 aliphatic carbocycles. The number of hydrogen-bond acceptors (Lipinski definition) is 2. The predicted octanol–water partition coefficient (Wildman–Crippen LogP) is 4.58. The highest BCUT2D eigenvalue weighted by atomic mass is 35.5. The first kappa shape index (κ1) is 18.8. The minimum Gasteiger partial charge on any atom is -0.352 e. The molecule has 1 heterocycles. The van der Waals surface area contributed by atoms with Crippen molar-refractivity contribution >= 4 is 34.5 Å². The van der Waals surface area contributed by atoms with Gasteiger partial charge in [-0.05, 0) is 36.3 Å². The topological polar surface area (TPSA) is 57.8 Å². The van der Waals surface area contributed by atoms with E-state index in [-0.39, 0.29) is 5.91 Å². The predicted molar refractivity (Wildman–Crippen MR) is 109 cm³/mol. The lowest BCUT2D eigenvalue weighted by Crippen LogP contribution is -2.23. The van der Waals surface area contributed by atoms with Crippen LogP contribution in [-0.2, 0) is 17.8 Å². The van der Waals surface area contributed by atoms with E-state index in [9.17, 15) is 4.79 Å². The van der Waals surface area contributed by atoms with Crippen LogP contribution in [0.4, 0.5) is 0 Å². The van der Waals surface area contributed by atoms with Crippen molar-refractivity contribution in [1.29, 1.82) is 5.26 Å². The highest BCUT2D eigenvalue weighted by molar-refractivity contribution is 6.30. The van der Waals surface area contributed by atoms with E-state index in [2.05, 4.69) is 16.0 Å². The smallest absolute Gasteiger partial charge is 0.244 e. The molecule has 3 aromatic rings. The molecule has 1 amide bonds. The normalized spacial score (nSPS) is 11.0. The lowest BCUT2D eigenvalue weighted by Gasteiger charge is -2.03. The van der Waals surface area contributed by atoms with Crippen LogP contribution >= 0.6 is 11.6 Å². The van der Waals surface area contributed by atoms with Crippen LogP contribution in [-0.4, -0.2) is 17.0 Å². The van der Waals surface area contributed by atoms with Crippen LogP contribution in [0.1, 0.15) is 17.5 Å². The fourth-order valence-electron chi connectivity index (χ4n) is 3.01. The highest BCUT2D eigenvalue weighted by Gasteiger charge is 2.06. The molecule has 136 valence electrons. The number of aromatic nitrogens is 1. The monoisotopic (exact) mass is 377 g/mol. The van der Waals surface area contributed by atoms with Crippen LogP contribution in [0.3, 0.4) is 0 Å². The molecule has 0 atom stereocenters. The van der Waals surface area contributed by atoms with E-state index in [0.29, 0.717) is 24.5 Å². The van der Waals surface area contributed by atoms with Crippen molar-refractivity contribution in [3.05, 3.63) is 77.0 Å². The summed E-state index contributed by atoms with van der Waals surface area (Å²) in [5.41, 5.74) is 3.12. The third-order valence-electron chi connectivity index (χ3n) is 4.30. The van der Waals surface area contributed by atoms with E-state index >= 15 is 0 Å². The Kier molecular flexibility index (Phi) is 6.30. The Morgan fingerprint density at radius 3 is 2.89 bits per heavy atom. The molecule has 5 heteroatoms. The molecule has 2 aromatic carbocycles. The molecule has 3 rings (SSSR count). The van der Waals surface area contributed by atoms with Gasteiger partial charge in [-0.3, -0.25) is 4.79 Å². The summed E-state index contributed by atoms with van der Waals surface area (Å²) in [7, 11) is 0. The Morgan fingerprint density at radius 1 is 1.22 bits per heavy atom. The summed E-state index contributed by atoms with van der Waals surface area (Å²) in [6.45, 7) is 1.18. The molecule has 0 fully saturated rings. The maximum Gasteiger partial charge on any atom is 0.244 e. The average molecular weight is 378 g/mol. The quantitative estimate of drug-likeness (QED) is 0.612. The first-order valence-electron chi connectivity index (χ1n) is 8.82. The number of nitrogens with zero attached hydrogens (tertiary/aromatic N) is 2. The number of benzene rings is 2. The Hall–Kier alpha value is -3.03. The molecular formula is C22H20ClN3O. The van der Waals surface area contributed by atoms with E-state index in [1.54, 1.807) is 6.08 Å². The Morgan fingerprint density at radius 2 is 2.07 bits per heavy atom. The molecule has 4 nitrogen and oxygen atoms in total. The van der Waals surface area contributed by atoms with Gasteiger partial charge in [-0.2, -0.15) is 5.26 Å². The second-order valence-corrected chi connectivity index (χ2v) is 6.64. The molecule has 27 heavy (non-hydrogen) atoms. The average Bonchev–Trinajstić information content (AvgIpc) is 3.03. The van der Waals surface area contributed by atoms with Crippen LogP contribution in [0.2, 0.25) is 5.02 Å². The van der Waals surface area contributed by atoms with Crippen molar-refractivity contribution in [2.24, 2.45) is 0 Å². The first-order chi connectivity index (χ1) is 13.2. The Bertz CT molecular complexity index is 1010. The lowest BCUT2D eigenvalue weighted by atomic mass is 10.1. The number of hydrogen-bond donors (Lipinski definition) is 1. The maximum absolute atomic E-state index is 12.1. The number of aryl methyl sites for hydroxylation is 1. The zero-order chi connectivity index (χ0) is 19.1. The number of halogens is 1. The van der Waals surface area contributed by atoms with Gasteiger partial charge >= 0.3 is 0 Å². The molecule has 1 aromatic heterocycles. The van der Waals surface area contributed by atoms with Crippen LogP contribution < -0.4 is 5.32 Å². The van der Waals surface area contributed by atoms with Crippen LogP contribution in [0.5, 0.6) is 0 Å². The molecule has 1 N–H and O–H groups in total. The number of carbonyl (C=O) groups excluding carboxylic acids is 1. The minimum atomic E-state index is -0.133. The van der Waals surface area contributed by atoms with Crippen LogP contribution in [0.15, 0.2) is 60.8 Å². The molecule has 0 saturated carbocycles.